The van der Waals surface area contributed by atoms with E-state index in [0.717, 1.165) is 5.56 Å². The molecule has 0 fully saturated rings. The van der Waals surface area contributed by atoms with Crippen LogP contribution in [0, 0.1) is 5.92 Å². The highest BCUT2D eigenvalue weighted by atomic mass is 16.5. The van der Waals surface area contributed by atoms with Gasteiger partial charge in [0.2, 0.25) is 0 Å². The average Bonchev–Trinajstić information content (AvgIpc) is 2.52. The minimum absolute atomic E-state index is 0.110. The van der Waals surface area contributed by atoms with E-state index in [1.54, 1.807) is 31.4 Å². The second-order valence-corrected chi connectivity index (χ2v) is 5.86. The van der Waals surface area contributed by atoms with E-state index in [1.165, 1.54) is 0 Å². The Bertz CT molecular complexity index is 636. The van der Waals surface area contributed by atoms with E-state index < -0.39 is 17.9 Å². The number of benzene rings is 1. The van der Waals surface area contributed by atoms with Gasteiger partial charge in [0.25, 0.3) is 5.91 Å². The van der Waals surface area contributed by atoms with Crippen molar-refractivity contribution in [1.82, 2.24) is 5.32 Å². The molecule has 0 saturated carbocycles. The van der Waals surface area contributed by atoms with Gasteiger partial charge < -0.3 is 19.9 Å². The maximum absolute atomic E-state index is 12.3. The molecule has 1 unspecified atom stereocenters. The van der Waals surface area contributed by atoms with Gasteiger partial charge in [0.15, 0.2) is 0 Å². The minimum Gasteiger partial charge on any atom is -0.497 e. The highest BCUT2D eigenvalue weighted by Crippen LogP contribution is 2.30. The molecule has 6 nitrogen and oxygen atoms in total. The third-order valence-electron chi connectivity index (χ3n) is 3.53. The number of ether oxygens (including phenoxy) is 2. The van der Waals surface area contributed by atoms with Gasteiger partial charge >= 0.3 is 5.97 Å². The molecule has 0 aromatic heterocycles. The van der Waals surface area contributed by atoms with Gasteiger partial charge in [-0.1, -0.05) is 13.8 Å². The minimum atomic E-state index is -1.04. The van der Waals surface area contributed by atoms with Gasteiger partial charge in [-0.05, 0) is 36.6 Å². The number of rotatable bonds is 6. The molecular weight excluding hydrogens is 298 g/mol. The van der Waals surface area contributed by atoms with E-state index in [2.05, 4.69) is 5.32 Å². The molecule has 2 N–H and O–H groups in total. The number of nitrogens with one attached hydrogen (secondary N) is 1. The van der Waals surface area contributed by atoms with Crippen LogP contribution in [-0.2, 0) is 9.59 Å². The van der Waals surface area contributed by atoms with Crippen LogP contribution in [0.1, 0.15) is 25.8 Å². The Morgan fingerprint density at radius 1 is 1.39 bits per heavy atom. The van der Waals surface area contributed by atoms with Crippen molar-refractivity contribution in [2.45, 2.75) is 26.3 Å². The average molecular weight is 319 g/mol. The number of amides is 1. The molecule has 1 aromatic rings. The SMILES string of the molecule is COc1ccc2c(c1)C=C(C(=O)NC(CC(C)C)C(=O)O)CO2. The number of hydrogen-bond donors (Lipinski definition) is 2. The normalized spacial score (nSPS) is 14.3. The summed E-state index contributed by atoms with van der Waals surface area (Å²) in [5.74, 6) is 0.0312. The lowest BCUT2D eigenvalue weighted by atomic mass is 10.0. The molecule has 2 rings (SSSR count). The fourth-order valence-corrected chi connectivity index (χ4v) is 2.36. The molecule has 1 aromatic carbocycles. The van der Waals surface area contributed by atoms with E-state index in [-0.39, 0.29) is 12.5 Å². The number of methoxy groups -OCH3 is 1. The van der Waals surface area contributed by atoms with Gasteiger partial charge in [-0.15, -0.1) is 0 Å². The Labute approximate surface area is 135 Å². The third kappa shape index (κ3) is 4.25. The number of fused-ring (bicyclic) bond motifs is 1. The summed E-state index contributed by atoms with van der Waals surface area (Å²) in [5, 5.41) is 11.8. The molecule has 6 heteroatoms. The lowest BCUT2D eigenvalue weighted by Gasteiger charge is -2.21. The second-order valence-electron chi connectivity index (χ2n) is 5.86. The lowest BCUT2D eigenvalue weighted by molar-refractivity contribution is -0.141. The van der Waals surface area contributed by atoms with E-state index in [0.29, 0.717) is 23.5 Å². The molecule has 1 heterocycles. The van der Waals surface area contributed by atoms with E-state index in [4.69, 9.17) is 9.47 Å². The summed E-state index contributed by atoms with van der Waals surface area (Å²) in [6.07, 6.45) is 2.07. The zero-order valence-electron chi connectivity index (χ0n) is 13.5. The van der Waals surface area contributed by atoms with Crippen molar-refractivity contribution in [3.63, 3.8) is 0 Å². The molecule has 0 radical (unpaired) electrons. The molecule has 23 heavy (non-hydrogen) atoms. The summed E-state index contributed by atoms with van der Waals surface area (Å²) >= 11 is 0. The van der Waals surface area contributed by atoms with E-state index in [1.807, 2.05) is 13.8 Å². The van der Waals surface area contributed by atoms with Crippen molar-refractivity contribution < 1.29 is 24.2 Å². The molecule has 1 amide bonds. The maximum atomic E-state index is 12.3. The van der Waals surface area contributed by atoms with Gasteiger partial charge in [-0.2, -0.15) is 0 Å². The van der Waals surface area contributed by atoms with Crippen LogP contribution in [0.25, 0.3) is 6.08 Å². The van der Waals surface area contributed by atoms with Crippen molar-refractivity contribution in [3.05, 3.63) is 29.3 Å². The lowest BCUT2D eigenvalue weighted by Crippen LogP contribution is -2.43. The molecule has 1 atom stereocenters. The first kappa shape index (κ1) is 16.9. The third-order valence-corrected chi connectivity index (χ3v) is 3.53. The molecule has 124 valence electrons. The standard InChI is InChI=1S/C17H21NO5/c1-10(2)6-14(17(20)21)18-16(19)12-7-11-8-13(22-3)4-5-15(11)23-9-12/h4-5,7-8,10,14H,6,9H2,1-3H3,(H,18,19)(H,20,21). The Morgan fingerprint density at radius 3 is 2.74 bits per heavy atom. The number of hydrogen-bond acceptors (Lipinski definition) is 4. The molecule has 0 saturated heterocycles. The van der Waals surface area contributed by atoms with E-state index in [9.17, 15) is 14.7 Å². The summed E-state index contributed by atoms with van der Waals surface area (Å²) in [5.41, 5.74) is 1.12. The quantitative estimate of drug-likeness (QED) is 0.838. The fraction of sp³-hybridized carbons (Fsp3) is 0.412. The van der Waals surface area contributed by atoms with Crippen molar-refractivity contribution in [2.75, 3.05) is 13.7 Å². The van der Waals surface area contributed by atoms with Crippen LogP contribution < -0.4 is 14.8 Å². The fourth-order valence-electron chi connectivity index (χ4n) is 2.36. The zero-order chi connectivity index (χ0) is 17.0. The number of carbonyl (C=O) groups excluding carboxylic acids is 1. The van der Waals surface area contributed by atoms with Crippen molar-refractivity contribution in [2.24, 2.45) is 5.92 Å². The molecular formula is C17H21NO5. The smallest absolute Gasteiger partial charge is 0.326 e. The van der Waals surface area contributed by atoms with Crippen molar-refractivity contribution in [1.29, 1.82) is 0 Å². The molecule has 1 aliphatic rings. The van der Waals surface area contributed by atoms with Crippen LogP contribution >= 0.6 is 0 Å². The monoisotopic (exact) mass is 319 g/mol. The summed E-state index contributed by atoms with van der Waals surface area (Å²) in [7, 11) is 1.56. The van der Waals surface area contributed by atoms with Crippen LogP contribution in [0.2, 0.25) is 0 Å². The highest BCUT2D eigenvalue weighted by Gasteiger charge is 2.24. The van der Waals surface area contributed by atoms with Gasteiger partial charge in [0, 0.05) is 5.56 Å². The molecule has 0 bridgehead atoms. The van der Waals surface area contributed by atoms with Gasteiger partial charge in [-0.25, -0.2) is 4.79 Å². The van der Waals surface area contributed by atoms with Crippen LogP contribution in [0.3, 0.4) is 0 Å². The first-order valence-electron chi connectivity index (χ1n) is 7.45. The van der Waals surface area contributed by atoms with Crippen molar-refractivity contribution in [3.8, 4) is 11.5 Å². The molecule has 1 aliphatic heterocycles. The molecule has 0 spiro atoms. The Balaban J connectivity index is 2.15. The van der Waals surface area contributed by atoms with Crippen LogP contribution in [0.15, 0.2) is 23.8 Å². The maximum Gasteiger partial charge on any atom is 0.326 e. The Morgan fingerprint density at radius 2 is 2.13 bits per heavy atom. The number of carboxylic acids is 1. The van der Waals surface area contributed by atoms with Crippen LogP contribution in [-0.4, -0.2) is 36.7 Å². The van der Waals surface area contributed by atoms with Crippen LogP contribution in [0.4, 0.5) is 0 Å². The Kier molecular flexibility index (Phi) is 5.26. The van der Waals surface area contributed by atoms with Gasteiger partial charge in [0.05, 0.1) is 12.7 Å². The number of aliphatic carboxylic acids is 1. The number of carbonyl (C=O) groups is 2. The summed E-state index contributed by atoms with van der Waals surface area (Å²) < 4.78 is 10.7. The first-order chi connectivity index (χ1) is 10.9. The zero-order valence-corrected chi connectivity index (χ0v) is 13.5. The van der Waals surface area contributed by atoms with Gasteiger partial charge in [0.1, 0.15) is 24.1 Å². The first-order valence-corrected chi connectivity index (χ1v) is 7.45. The predicted molar refractivity (Wildman–Crippen MR) is 85.5 cm³/mol. The van der Waals surface area contributed by atoms with E-state index >= 15 is 0 Å². The Hall–Kier alpha value is -2.50. The van der Waals surface area contributed by atoms with Crippen molar-refractivity contribution >= 4 is 18.0 Å². The second kappa shape index (κ2) is 7.17. The summed E-state index contributed by atoms with van der Waals surface area (Å²) in [6, 6.07) is 4.42. The predicted octanol–water partition coefficient (Wildman–Crippen LogP) is 2.09. The van der Waals surface area contributed by atoms with Gasteiger partial charge in [-0.3, -0.25) is 4.79 Å². The molecule has 0 aliphatic carbocycles. The largest absolute Gasteiger partial charge is 0.497 e. The number of carboxylic acid groups (broad SMARTS) is 1. The summed E-state index contributed by atoms with van der Waals surface area (Å²) in [4.78, 5) is 23.6. The highest BCUT2D eigenvalue weighted by molar-refractivity contribution is 6.00. The summed E-state index contributed by atoms with van der Waals surface area (Å²) in [6.45, 7) is 3.93. The van der Waals surface area contributed by atoms with Crippen LogP contribution in [0.5, 0.6) is 11.5 Å². The topological polar surface area (TPSA) is 84.9 Å².